The van der Waals surface area contributed by atoms with Crippen LogP contribution < -0.4 is 0 Å². The topological polar surface area (TPSA) is 21.7 Å². The van der Waals surface area contributed by atoms with E-state index in [1.54, 1.807) is 7.11 Å². The average Bonchev–Trinajstić information content (AvgIpc) is 2.12. The molecule has 0 spiro atoms. The third-order valence-corrected chi connectivity index (χ3v) is 2.80. The highest BCUT2D eigenvalue weighted by Gasteiger charge is 2.22. The van der Waals surface area contributed by atoms with Crippen molar-refractivity contribution in [2.24, 2.45) is 0 Å². The molecular weight excluding hydrogens is 166 g/mol. The fraction of sp³-hybridized carbons (Fsp3) is 1.00. The van der Waals surface area contributed by atoms with Crippen molar-refractivity contribution >= 4 is 0 Å². The van der Waals surface area contributed by atoms with E-state index in [0.29, 0.717) is 18.8 Å². The van der Waals surface area contributed by atoms with Crippen LogP contribution in [0.2, 0.25) is 0 Å². The van der Waals surface area contributed by atoms with Crippen molar-refractivity contribution in [3.63, 3.8) is 0 Å². The van der Waals surface area contributed by atoms with E-state index >= 15 is 0 Å². The maximum atomic E-state index is 5.69. The summed E-state index contributed by atoms with van der Waals surface area (Å²) in [6.45, 7) is 4.85. The van der Waals surface area contributed by atoms with Gasteiger partial charge < -0.3 is 14.4 Å². The van der Waals surface area contributed by atoms with E-state index in [9.17, 15) is 0 Å². The van der Waals surface area contributed by atoms with Gasteiger partial charge in [0.05, 0.1) is 19.3 Å². The fourth-order valence-corrected chi connectivity index (χ4v) is 1.70. The van der Waals surface area contributed by atoms with Gasteiger partial charge in [-0.05, 0) is 26.8 Å². The molecule has 1 rings (SSSR count). The number of methoxy groups -OCH3 is 1. The minimum atomic E-state index is 0.446. The molecule has 0 N–H and O–H groups in total. The number of nitrogens with zero attached hydrogens (tertiary/aromatic N) is 1. The number of hydrogen-bond acceptors (Lipinski definition) is 3. The van der Waals surface area contributed by atoms with Gasteiger partial charge in [0.15, 0.2) is 0 Å². The Morgan fingerprint density at radius 1 is 1.38 bits per heavy atom. The normalized spacial score (nSPS) is 30.7. The van der Waals surface area contributed by atoms with Crippen molar-refractivity contribution in [1.82, 2.24) is 4.90 Å². The molecule has 0 aliphatic carbocycles. The van der Waals surface area contributed by atoms with E-state index in [4.69, 9.17) is 9.47 Å². The molecule has 78 valence electrons. The number of likely N-dealkylation sites (tertiary alicyclic amines) is 1. The van der Waals surface area contributed by atoms with Crippen molar-refractivity contribution in [3.8, 4) is 0 Å². The third-order valence-electron chi connectivity index (χ3n) is 2.80. The monoisotopic (exact) mass is 187 g/mol. The zero-order valence-corrected chi connectivity index (χ0v) is 8.95. The second-order valence-electron chi connectivity index (χ2n) is 3.84. The van der Waals surface area contributed by atoms with Crippen LogP contribution in [0.25, 0.3) is 0 Å². The second-order valence-corrected chi connectivity index (χ2v) is 3.84. The summed E-state index contributed by atoms with van der Waals surface area (Å²) in [5.74, 6) is 0. The molecule has 0 unspecified atom stereocenters. The van der Waals surface area contributed by atoms with Gasteiger partial charge in [-0.25, -0.2) is 0 Å². The summed E-state index contributed by atoms with van der Waals surface area (Å²) in [6, 6.07) is 0.654. The van der Waals surface area contributed by atoms with E-state index in [-0.39, 0.29) is 0 Å². The molecule has 1 aliphatic rings. The standard InChI is InChI=1S/C10H21NO2/c1-9-8-10(4-5-11(9)2)13-7-6-12-3/h9-10H,4-8H2,1-3H3/t9-,10-/m1/s1. The summed E-state index contributed by atoms with van der Waals surface area (Å²) in [5, 5.41) is 0. The van der Waals surface area contributed by atoms with Gasteiger partial charge in [0.2, 0.25) is 0 Å². The van der Waals surface area contributed by atoms with Crippen LogP contribution in [0.5, 0.6) is 0 Å². The van der Waals surface area contributed by atoms with E-state index in [1.807, 2.05) is 0 Å². The van der Waals surface area contributed by atoms with E-state index in [0.717, 1.165) is 26.0 Å². The van der Waals surface area contributed by atoms with Crippen molar-refractivity contribution in [2.45, 2.75) is 31.9 Å². The first kappa shape index (κ1) is 11.0. The Morgan fingerprint density at radius 3 is 2.77 bits per heavy atom. The van der Waals surface area contributed by atoms with Crippen molar-refractivity contribution in [3.05, 3.63) is 0 Å². The van der Waals surface area contributed by atoms with Gasteiger partial charge in [0.25, 0.3) is 0 Å². The first-order chi connectivity index (χ1) is 6.24. The molecule has 0 bridgehead atoms. The zero-order chi connectivity index (χ0) is 9.68. The quantitative estimate of drug-likeness (QED) is 0.616. The Balaban J connectivity index is 2.14. The average molecular weight is 187 g/mol. The van der Waals surface area contributed by atoms with Gasteiger partial charge >= 0.3 is 0 Å². The molecule has 1 fully saturated rings. The maximum absolute atomic E-state index is 5.69. The molecule has 0 saturated carbocycles. The highest BCUT2D eigenvalue weighted by Crippen LogP contribution is 2.17. The highest BCUT2D eigenvalue weighted by molar-refractivity contribution is 4.76. The minimum absolute atomic E-state index is 0.446. The summed E-state index contributed by atoms with van der Waals surface area (Å²) in [7, 11) is 3.89. The number of ether oxygens (including phenoxy) is 2. The first-order valence-corrected chi connectivity index (χ1v) is 5.05. The van der Waals surface area contributed by atoms with Gasteiger partial charge in [0, 0.05) is 19.7 Å². The largest absolute Gasteiger partial charge is 0.382 e. The Kier molecular flexibility index (Phi) is 4.70. The first-order valence-electron chi connectivity index (χ1n) is 5.05. The molecule has 13 heavy (non-hydrogen) atoms. The molecule has 3 heteroatoms. The van der Waals surface area contributed by atoms with Gasteiger partial charge in [-0.2, -0.15) is 0 Å². The lowest BCUT2D eigenvalue weighted by Crippen LogP contribution is -2.41. The van der Waals surface area contributed by atoms with E-state index in [1.165, 1.54) is 0 Å². The SMILES string of the molecule is COCCO[C@@H]1CCN(C)[C@H](C)C1. The van der Waals surface area contributed by atoms with Gasteiger partial charge in [0.1, 0.15) is 0 Å². The Labute approximate surface area is 81.0 Å². The summed E-state index contributed by atoms with van der Waals surface area (Å²) in [6.07, 6.45) is 2.76. The Hall–Kier alpha value is -0.120. The number of piperidine rings is 1. The lowest BCUT2D eigenvalue weighted by molar-refractivity contribution is -0.0241. The lowest BCUT2D eigenvalue weighted by Gasteiger charge is -2.34. The second kappa shape index (κ2) is 5.58. The van der Waals surface area contributed by atoms with Crippen molar-refractivity contribution in [1.29, 1.82) is 0 Å². The Bertz CT molecular complexity index is 141. The van der Waals surface area contributed by atoms with Gasteiger partial charge in [-0.3, -0.25) is 0 Å². The summed E-state index contributed by atoms with van der Waals surface area (Å²) >= 11 is 0. The molecule has 0 aromatic rings. The van der Waals surface area contributed by atoms with Crippen LogP contribution in [0.4, 0.5) is 0 Å². The molecule has 1 saturated heterocycles. The fourth-order valence-electron chi connectivity index (χ4n) is 1.70. The van der Waals surface area contributed by atoms with E-state index in [2.05, 4.69) is 18.9 Å². The molecule has 0 aromatic heterocycles. The van der Waals surface area contributed by atoms with Crippen LogP contribution in [-0.4, -0.2) is 51.0 Å². The van der Waals surface area contributed by atoms with E-state index < -0.39 is 0 Å². The molecular formula is C10H21NO2. The zero-order valence-electron chi connectivity index (χ0n) is 8.95. The van der Waals surface area contributed by atoms with Crippen LogP contribution in [-0.2, 0) is 9.47 Å². The van der Waals surface area contributed by atoms with Crippen LogP contribution in [0.15, 0.2) is 0 Å². The summed E-state index contributed by atoms with van der Waals surface area (Å²) in [4.78, 5) is 2.39. The molecule has 0 amide bonds. The predicted octanol–water partition coefficient (Wildman–Crippen LogP) is 1.13. The van der Waals surface area contributed by atoms with Crippen molar-refractivity contribution < 1.29 is 9.47 Å². The molecule has 1 aliphatic heterocycles. The van der Waals surface area contributed by atoms with Crippen LogP contribution in [0, 0.1) is 0 Å². The van der Waals surface area contributed by atoms with Gasteiger partial charge in [-0.15, -0.1) is 0 Å². The molecule has 0 aromatic carbocycles. The smallest absolute Gasteiger partial charge is 0.0704 e. The lowest BCUT2D eigenvalue weighted by atomic mass is 10.0. The van der Waals surface area contributed by atoms with Gasteiger partial charge in [-0.1, -0.05) is 0 Å². The van der Waals surface area contributed by atoms with Crippen molar-refractivity contribution in [2.75, 3.05) is 33.9 Å². The van der Waals surface area contributed by atoms with Crippen LogP contribution >= 0.6 is 0 Å². The van der Waals surface area contributed by atoms with Crippen LogP contribution in [0.3, 0.4) is 0 Å². The summed E-state index contributed by atoms with van der Waals surface area (Å²) in [5.41, 5.74) is 0. The minimum Gasteiger partial charge on any atom is -0.382 e. The highest BCUT2D eigenvalue weighted by atomic mass is 16.5. The molecule has 0 radical (unpaired) electrons. The Morgan fingerprint density at radius 2 is 2.15 bits per heavy atom. The number of hydrogen-bond donors (Lipinski definition) is 0. The van der Waals surface area contributed by atoms with Crippen LogP contribution in [0.1, 0.15) is 19.8 Å². The predicted molar refractivity (Wildman–Crippen MR) is 52.9 cm³/mol. The molecule has 1 heterocycles. The maximum Gasteiger partial charge on any atom is 0.0704 e. The number of rotatable bonds is 4. The third kappa shape index (κ3) is 3.63. The summed E-state index contributed by atoms with van der Waals surface area (Å²) < 4.78 is 10.6. The molecule has 2 atom stereocenters. The molecule has 3 nitrogen and oxygen atoms in total.